The monoisotopic (exact) mass is 413 g/mol. The van der Waals surface area contributed by atoms with E-state index in [4.69, 9.17) is 5.14 Å². The molecular weight excluding hydrogens is 394 g/mol. The average molecular weight is 413 g/mol. The van der Waals surface area contributed by atoms with Crippen LogP contribution in [-0.2, 0) is 24.7 Å². The van der Waals surface area contributed by atoms with Gasteiger partial charge in [0.05, 0.1) is 11.9 Å². The van der Waals surface area contributed by atoms with Crippen LogP contribution in [0, 0.1) is 10.1 Å². The summed E-state index contributed by atoms with van der Waals surface area (Å²) in [6.45, 7) is 2.21. The lowest BCUT2D eigenvalue weighted by Crippen LogP contribution is -2.36. The molecule has 1 aliphatic heterocycles. The number of nitrogens with one attached hydrogen (secondary N) is 1. The van der Waals surface area contributed by atoms with Crippen molar-refractivity contribution in [3.05, 3.63) is 21.7 Å². The number of sulfone groups is 1. The number of sulfonamides is 1. The van der Waals surface area contributed by atoms with Crippen LogP contribution in [0.2, 0.25) is 0 Å². The highest BCUT2D eigenvalue weighted by Gasteiger charge is 2.41. The second-order valence-corrected chi connectivity index (χ2v) is 10.9. The standard InChI is InChI=1S/C12H19N3O7S3/c1-2-4-14-10-6-8(3-5-22-15(16)17)24(18,19)12-9(10)7-11(23-12)25(13,20)21/h7-8,10,14H,2-6H2,1H3,(H2,13,20,21)/t8-,10-/m0/s1. The van der Waals surface area contributed by atoms with Crippen LogP contribution in [-0.4, -0.2) is 40.3 Å². The van der Waals surface area contributed by atoms with Crippen molar-refractivity contribution in [2.24, 2.45) is 5.14 Å². The van der Waals surface area contributed by atoms with Crippen molar-refractivity contribution in [1.29, 1.82) is 0 Å². The Kier molecular flexibility index (Phi) is 6.04. The summed E-state index contributed by atoms with van der Waals surface area (Å²) in [5.41, 5.74) is 0.383. The molecule has 1 aromatic heterocycles. The second kappa shape index (κ2) is 7.53. The summed E-state index contributed by atoms with van der Waals surface area (Å²) in [4.78, 5) is 14.5. The largest absolute Gasteiger partial charge is 0.314 e. The summed E-state index contributed by atoms with van der Waals surface area (Å²) < 4.78 is 48.4. The third-order valence-corrected chi connectivity index (χ3v) is 9.20. The van der Waals surface area contributed by atoms with Gasteiger partial charge in [-0.2, -0.15) is 0 Å². The molecule has 2 rings (SSSR count). The van der Waals surface area contributed by atoms with Crippen molar-refractivity contribution < 1.29 is 26.8 Å². The zero-order valence-electron chi connectivity index (χ0n) is 13.4. The van der Waals surface area contributed by atoms with E-state index < -0.39 is 30.2 Å². The number of thiophene rings is 1. The molecule has 1 aliphatic rings. The predicted octanol–water partition coefficient (Wildman–Crippen LogP) is 0.581. The lowest BCUT2D eigenvalue weighted by atomic mass is 10.0. The van der Waals surface area contributed by atoms with E-state index in [1.165, 1.54) is 6.07 Å². The molecule has 0 saturated carbocycles. The van der Waals surface area contributed by atoms with Crippen LogP contribution < -0.4 is 10.5 Å². The molecule has 0 aliphatic carbocycles. The Morgan fingerprint density at radius 3 is 2.76 bits per heavy atom. The number of primary sulfonamides is 1. The van der Waals surface area contributed by atoms with Gasteiger partial charge in [-0.15, -0.1) is 21.5 Å². The van der Waals surface area contributed by atoms with Gasteiger partial charge in [0.15, 0.2) is 9.84 Å². The van der Waals surface area contributed by atoms with Crippen LogP contribution >= 0.6 is 11.3 Å². The van der Waals surface area contributed by atoms with Gasteiger partial charge in [-0.05, 0) is 31.9 Å². The fraction of sp³-hybridized carbons (Fsp3) is 0.667. The fourth-order valence-corrected chi connectivity index (χ4v) is 7.36. The van der Waals surface area contributed by atoms with Crippen LogP contribution in [0.15, 0.2) is 14.5 Å². The Balaban J connectivity index is 2.40. The van der Waals surface area contributed by atoms with Gasteiger partial charge in [0.25, 0.3) is 5.09 Å². The molecule has 1 aromatic rings. The van der Waals surface area contributed by atoms with Crippen molar-refractivity contribution in [3.8, 4) is 0 Å². The smallest absolute Gasteiger partial charge is 0.294 e. The highest BCUT2D eigenvalue weighted by atomic mass is 32.3. The summed E-state index contributed by atoms with van der Waals surface area (Å²) >= 11 is 0.614. The summed E-state index contributed by atoms with van der Waals surface area (Å²) in [5.74, 6) is 0. The van der Waals surface area contributed by atoms with E-state index in [2.05, 4.69) is 10.2 Å². The average Bonchev–Trinajstić information content (AvgIpc) is 2.95. The molecule has 0 bridgehead atoms. The topological polar surface area (TPSA) is 159 Å². The van der Waals surface area contributed by atoms with Gasteiger partial charge >= 0.3 is 0 Å². The van der Waals surface area contributed by atoms with Crippen molar-refractivity contribution in [3.63, 3.8) is 0 Å². The van der Waals surface area contributed by atoms with Crippen LogP contribution in [0.5, 0.6) is 0 Å². The van der Waals surface area contributed by atoms with E-state index in [0.29, 0.717) is 23.4 Å². The molecule has 13 heteroatoms. The maximum absolute atomic E-state index is 12.8. The van der Waals surface area contributed by atoms with Gasteiger partial charge in [0.2, 0.25) is 10.0 Å². The maximum Gasteiger partial charge on any atom is 0.294 e. The zero-order valence-corrected chi connectivity index (χ0v) is 15.8. The number of fused-ring (bicyclic) bond motifs is 1. The highest BCUT2D eigenvalue weighted by molar-refractivity contribution is 7.95. The van der Waals surface area contributed by atoms with Crippen molar-refractivity contribution >= 4 is 31.2 Å². The van der Waals surface area contributed by atoms with Gasteiger partial charge in [-0.3, -0.25) is 0 Å². The molecule has 3 N–H and O–H groups in total. The SMILES string of the molecule is CCCN[C@H]1C[C@H](CCO[N+](=O)[O-])S(=O)(=O)c2sc(S(N)(=O)=O)cc21. The Labute approximate surface area is 149 Å². The number of nitrogens with zero attached hydrogens (tertiary/aromatic N) is 1. The lowest BCUT2D eigenvalue weighted by molar-refractivity contribution is -0.757. The first-order valence-electron chi connectivity index (χ1n) is 7.48. The number of hydrogen-bond donors (Lipinski definition) is 2. The molecule has 25 heavy (non-hydrogen) atoms. The molecule has 0 saturated heterocycles. The van der Waals surface area contributed by atoms with E-state index in [1.54, 1.807) is 0 Å². The van der Waals surface area contributed by atoms with E-state index >= 15 is 0 Å². The number of nitrogens with two attached hydrogens (primary N) is 1. The van der Waals surface area contributed by atoms with Crippen LogP contribution in [0.3, 0.4) is 0 Å². The van der Waals surface area contributed by atoms with Crippen LogP contribution in [0.1, 0.15) is 37.8 Å². The first-order valence-corrected chi connectivity index (χ1v) is 11.4. The predicted molar refractivity (Wildman–Crippen MR) is 89.9 cm³/mol. The number of hydrogen-bond acceptors (Lipinski definition) is 9. The molecule has 2 atom stereocenters. The molecule has 2 heterocycles. The quantitative estimate of drug-likeness (QED) is 0.462. The minimum absolute atomic E-state index is 0.0533. The van der Waals surface area contributed by atoms with Gasteiger partial charge in [0.1, 0.15) is 8.42 Å². The molecule has 142 valence electrons. The Bertz CT molecular complexity index is 847. The minimum atomic E-state index is -4.02. The third kappa shape index (κ3) is 4.47. The molecule has 0 fully saturated rings. The van der Waals surface area contributed by atoms with Crippen LogP contribution in [0.25, 0.3) is 0 Å². The van der Waals surface area contributed by atoms with E-state index in [9.17, 15) is 26.9 Å². The maximum atomic E-state index is 12.8. The Morgan fingerprint density at radius 1 is 1.52 bits per heavy atom. The molecular formula is C12H19N3O7S3. The first kappa shape index (κ1) is 20.0. The van der Waals surface area contributed by atoms with Crippen molar-refractivity contribution in [2.75, 3.05) is 13.2 Å². The van der Waals surface area contributed by atoms with Gasteiger partial charge in [-0.1, -0.05) is 6.92 Å². The van der Waals surface area contributed by atoms with E-state index in [1.807, 2.05) is 6.92 Å². The minimum Gasteiger partial charge on any atom is -0.314 e. The highest BCUT2D eigenvalue weighted by Crippen LogP contribution is 2.43. The Hall–Kier alpha value is -1.28. The molecule has 0 amide bonds. The summed E-state index contributed by atoms with van der Waals surface area (Å²) in [6.07, 6.45) is 0.923. The fourth-order valence-electron chi connectivity index (χ4n) is 2.68. The molecule has 0 unspecified atom stereocenters. The summed E-state index contributed by atoms with van der Waals surface area (Å²) in [7, 11) is -7.85. The molecule has 10 nitrogen and oxygen atoms in total. The van der Waals surface area contributed by atoms with E-state index in [0.717, 1.165) is 6.42 Å². The zero-order chi connectivity index (χ0) is 18.8. The van der Waals surface area contributed by atoms with Crippen molar-refractivity contribution in [1.82, 2.24) is 5.32 Å². The van der Waals surface area contributed by atoms with Crippen LogP contribution in [0.4, 0.5) is 0 Å². The normalized spacial score (nSPS) is 22.3. The Morgan fingerprint density at radius 2 is 2.20 bits per heavy atom. The molecule has 0 radical (unpaired) electrons. The van der Waals surface area contributed by atoms with Gasteiger partial charge in [-0.25, -0.2) is 22.0 Å². The molecule has 0 aromatic carbocycles. The van der Waals surface area contributed by atoms with E-state index in [-0.39, 0.29) is 33.9 Å². The molecule has 0 spiro atoms. The number of rotatable bonds is 8. The summed E-state index contributed by atoms with van der Waals surface area (Å²) in [6, 6.07) is 0.926. The third-order valence-electron chi connectivity index (χ3n) is 3.83. The van der Waals surface area contributed by atoms with Gasteiger partial charge in [0, 0.05) is 11.6 Å². The summed E-state index contributed by atoms with van der Waals surface area (Å²) in [5, 5.41) is 16.7. The lowest BCUT2D eigenvalue weighted by Gasteiger charge is -2.29. The second-order valence-electron chi connectivity index (χ2n) is 5.61. The van der Waals surface area contributed by atoms with Crippen molar-refractivity contribution in [2.45, 2.75) is 45.9 Å². The van der Waals surface area contributed by atoms with Gasteiger partial charge < -0.3 is 10.2 Å². The first-order chi connectivity index (χ1) is 11.6.